The van der Waals surface area contributed by atoms with E-state index in [0.29, 0.717) is 11.8 Å². The lowest BCUT2D eigenvalue weighted by Crippen LogP contribution is -2.35. The summed E-state index contributed by atoms with van der Waals surface area (Å²) in [4.78, 5) is 11.5. The standard InChI is InChI=1S/C14H22O2/c1-2-3-4-5-8-14(13(15)16)10-11-6-7-12(14)9-11/h6-7,11-12H,2-5,8-10H2,1H3,(H,15,16). The molecule has 0 saturated heterocycles. The number of carboxylic acids is 1. The first-order chi connectivity index (χ1) is 7.69. The van der Waals surface area contributed by atoms with Gasteiger partial charge in [-0.2, -0.15) is 0 Å². The monoisotopic (exact) mass is 222 g/mol. The molecule has 0 aromatic heterocycles. The van der Waals surface area contributed by atoms with Gasteiger partial charge in [-0.25, -0.2) is 0 Å². The molecule has 1 N–H and O–H groups in total. The second kappa shape index (κ2) is 4.60. The molecule has 3 unspecified atom stereocenters. The normalized spacial score (nSPS) is 35.8. The lowest BCUT2D eigenvalue weighted by Gasteiger charge is -2.31. The Labute approximate surface area is 97.7 Å². The Morgan fingerprint density at radius 3 is 2.69 bits per heavy atom. The first-order valence-electron chi connectivity index (χ1n) is 6.61. The Morgan fingerprint density at radius 2 is 2.19 bits per heavy atom. The number of carboxylic acid groups (broad SMARTS) is 1. The van der Waals surface area contributed by atoms with Gasteiger partial charge in [-0.15, -0.1) is 0 Å². The third-order valence-corrected chi connectivity index (χ3v) is 4.41. The van der Waals surface area contributed by atoms with Crippen LogP contribution in [0.5, 0.6) is 0 Å². The van der Waals surface area contributed by atoms with Crippen molar-refractivity contribution in [2.45, 2.75) is 51.9 Å². The van der Waals surface area contributed by atoms with Crippen molar-refractivity contribution in [3.8, 4) is 0 Å². The second-order valence-electron chi connectivity index (χ2n) is 5.46. The summed E-state index contributed by atoms with van der Waals surface area (Å²) in [5.74, 6) is 0.310. The lowest BCUT2D eigenvalue weighted by atomic mass is 9.72. The summed E-state index contributed by atoms with van der Waals surface area (Å²) in [7, 11) is 0. The van der Waals surface area contributed by atoms with Crippen LogP contribution in [0.2, 0.25) is 0 Å². The number of aliphatic carboxylic acids is 1. The van der Waals surface area contributed by atoms with Crippen LogP contribution >= 0.6 is 0 Å². The maximum absolute atomic E-state index is 11.5. The summed E-state index contributed by atoms with van der Waals surface area (Å²) in [6.07, 6.45) is 11.9. The van der Waals surface area contributed by atoms with Gasteiger partial charge in [-0.3, -0.25) is 4.79 Å². The minimum absolute atomic E-state index is 0.316. The van der Waals surface area contributed by atoms with Gasteiger partial charge in [0.25, 0.3) is 0 Å². The Morgan fingerprint density at radius 1 is 1.38 bits per heavy atom. The van der Waals surface area contributed by atoms with E-state index in [1.165, 1.54) is 19.3 Å². The van der Waals surface area contributed by atoms with Crippen molar-refractivity contribution in [2.75, 3.05) is 0 Å². The van der Waals surface area contributed by atoms with Crippen molar-refractivity contribution in [1.82, 2.24) is 0 Å². The Hall–Kier alpha value is -0.790. The van der Waals surface area contributed by atoms with Gasteiger partial charge >= 0.3 is 5.97 Å². The molecule has 0 aromatic rings. The zero-order valence-corrected chi connectivity index (χ0v) is 10.1. The maximum Gasteiger partial charge on any atom is 0.310 e. The van der Waals surface area contributed by atoms with Gasteiger partial charge in [0, 0.05) is 0 Å². The van der Waals surface area contributed by atoms with Gasteiger partial charge in [-0.05, 0) is 31.1 Å². The fraction of sp³-hybridized carbons (Fsp3) is 0.786. The highest BCUT2D eigenvalue weighted by Crippen LogP contribution is 2.54. The molecule has 2 rings (SSSR count). The highest BCUT2D eigenvalue weighted by Gasteiger charge is 2.52. The predicted octanol–water partition coefficient (Wildman–Crippen LogP) is 3.62. The van der Waals surface area contributed by atoms with Gasteiger partial charge in [0.2, 0.25) is 0 Å². The van der Waals surface area contributed by atoms with Crippen LogP contribution in [0.25, 0.3) is 0 Å². The molecule has 0 spiro atoms. The van der Waals surface area contributed by atoms with Gasteiger partial charge in [0.1, 0.15) is 0 Å². The molecular weight excluding hydrogens is 200 g/mol. The molecule has 16 heavy (non-hydrogen) atoms. The quantitative estimate of drug-likeness (QED) is 0.550. The molecule has 90 valence electrons. The molecule has 0 aliphatic heterocycles. The summed E-state index contributed by atoms with van der Waals surface area (Å²) in [5.41, 5.74) is -0.410. The zero-order valence-electron chi connectivity index (χ0n) is 10.1. The van der Waals surface area contributed by atoms with Crippen LogP contribution in [0.3, 0.4) is 0 Å². The van der Waals surface area contributed by atoms with Crippen LogP contribution < -0.4 is 0 Å². The molecule has 2 bridgehead atoms. The minimum Gasteiger partial charge on any atom is -0.481 e. The van der Waals surface area contributed by atoms with E-state index in [9.17, 15) is 9.90 Å². The second-order valence-corrected chi connectivity index (χ2v) is 5.46. The lowest BCUT2D eigenvalue weighted by molar-refractivity contribution is -0.151. The molecule has 1 saturated carbocycles. The summed E-state index contributed by atoms with van der Waals surface area (Å²) in [6.45, 7) is 2.19. The molecule has 2 aliphatic carbocycles. The van der Waals surface area contributed by atoms with Crippen LogP contribution in [-0.4, -0.2) is 11.1 Å². The van der Waals surface area contributed by atoms with E-state index in [-0.39, 0.29) is 0 Å². The Bertz CT molecular complexity index is 295. The highest BCUT2D eigenvalue weighted by atomic mass is 16.4. The topological polar surface area (TPSA) is 37.3 Å². The molecule has 2 nitrogen and oxygen atoms in total. The average Bonchev–Trinajstić information content (AvgIpc) is 2.84. The number of rotatable bonds is 6. The first-order valence-corrected chi connectivity index (χ1v) is 6.61. The Kier molecular flexibility index (Phi) is 3.36. The van der Waals surface area contributed by atoms with Crippen molar-refractivity contribution >= 4 is 5.97 Å². The number of unbranched alkanes of at least 4 members (excludes halogenated alkanes) is 3. The molecule has 1 fully saturated rings. The van der Waals surface area contributed by atoms with Gasteiger partial charge < -0.3 is 5.11 Å². The van der Waals surface area contributed by atoms with Crippen LogP contribution in [0.15, 0.2) is 12.2 Å². The number of hydrogen-bond acceptors (Lipinski definition) is 1. The minimum atomic E-state index is -0.555. The van der Waals surface area contributed by atoms with E-state index >= 15 is 0 Å². The molecular formula is C14H22O2. The van der Waals surface area contributed by atoms with Crippen molar-refractivity contribution in [2.24, 2.45) is 17.3 Å². The van der Waals surface area contributed by atoms with Gasteiger partial charge in [0.05, 0.1) is 5.41 Å². The molecule has 2 aliphatic rings. The largest absolute Gasteiger partial charge is 0.481 e. The van der Waals surface area contributed by atoms with E-state index in [1.54, 1.807) is 0 Å². The van der Waals surface area contributed by atoms with Crippen LogP contribution in [0.1, 0.15) is 51.9 Å². The first kappa shape index (κ1) is 11.7. The van der Waals surface area contributed by atoms with E-state index in [4.69, 9.17) is 0 Å². The van der Waals surface area contributed by atoms with Gasteiger partial charge in [-0.1, -0.05) is 44.8 Å². The van der Waals surface area contributed by atoms with E-state index in [1.807, 2.05) is 0 Å². The van der Waals surface area contributed by atoms with Crippen LogP contribution in [0, 0.1) is 17.3 Å². The van der Waals surface area contributed by atoms with Crippen molar-refractivity contribution in [3.05, 3.63) is 12.2 Å². The fourth-order valence-corrected chi connectivity index (χ4v) is 3.46. The molecule has 0 heterocycles. The molecule has 3 atom stereocenters. The van der Waals surface area contributed by atoms with Crippen LogP contribution in [-0.2, 0) is 4.79 Å². The Balaban J connectivity index is 1.96. The van der Waals surface area contributed by atoms with E-state index in [2.05, 4.69) is 19.1 Å². The van der Waals surface area contributed by atoms with E-state index in [0.717, 1.165) is 25.7 Å². The smallest absolute Gasteiger partial charge is 0.310 e. The summed E-state index contributed by atoms with van der Waals surface area (Å²) in [5, 5.41) is 9.51. The number of fused-ring (bicyclic) bond motifs is 2. The SMILES string of the molecule is CCCCCCC1(C(=O)O)CC2C=CC1C2. The number of carbonyl (C=O) groups is 1. The third-order valence-electron chi connectivity index (χ3n) is 4.41. The van der Waals surface area contributed by atoms with Crippen molar-refractivity contribution in [3.63, 3.8) is 0 Å². The number of allylic oxidation sites excluding steroid dienone is 2. The summed E-state index contributed by atoms with van der Waals surface area (Å²) in [6, 6.07) is 0. The van der Waals surface area contributed by atoms with Crippen LogP contribution in [0.4, 0.5) is 0 Å². The summed E-state index contributed by atoms with van der Waals surface area (Å²) < 4.78 is 0. The highest BCUT2D eigenvalue weighted by molar-refractivity contribution is 5.76. The van der Waals surface area contributed by atoms with E-state index < -0.39 is 11.4 Å². The average molecular weight is 222 g/mol. The van der Waals surface area contributed by atoms with Gasteiger partial charge in [0.15, 0.2) is 0 Å². The molecule has 0 aromatic carbocycles. The van der Waals surface area contributed by atoms with Crippen molar-refractivity contribution in [1.29, 1.82) is 0 Å². The molecule has 2 heteroatoms. The number of hydrogen-bond donors (Lipinski definition) is 1. The maximum atomic E-state index is 11.5. The molecule has 0 amide bonds. The fourth-order valence-electron chi connectivity index (χ4n) is 3.46. The third kappa shape index (κ3) is 1.90. The predicted molar refractivity (Wildman–Crippen MR) is 64.2 cm³/mol. The molecule has 0 radical (unpaired) electrons. The zero-order chi connectivity index (χ0) is 11.6. The van der Waals surface area contributed by atoms with Crippen molar-refractivity contribution < 1.29 is 9.90 Å². The summed E-state index contributed by atoms with van der Waals surface area (Å²) >= 11 is 0.